The molecule has 0 aromatic heterocycles. The van der Waals surface area contributed by atoms with Gasteiger partial charge in [0.15, 0.2) is 11.4 Å². The first-order chi connectivity index (χ1) is 24.4. The fourth-order valence-electron chi connectivity index (χ4n) is 7.81. The lowest BCUT2D eigenvalue weighted by Crippen LogP contribution is -2.55. The van der Waals surface area contributed by atoms with Gasteiger partial charge in [-0.2, -0.15) is 0 Å². The minimum Gasteiger partial charge on any atom is -0.515 e. The molecular weight excluding hydrogens is 682 g/mol. The van der Waals surface area contributed by atoms with Gasteiger partial charge in [-0.25, -0.2) is 4.99 Å². The van der Waals surface area contributed by atoms with Gasteiger partial charge in [-0.15, -0.1) is 0 Å². The number of carbonyl (C=O) groups excluding carboxylic acids is 5. The van der Waals surface area contributed by atoms with Crippen molar-refractivity contribution >= 4 is 34.9 Å². The van der Waals surface area contributed by atoms with Crippen molar-refractivity contribution in [1.82, 2.24) is 0 Å². The van der Waals surface area contributed by atoms with Crippen LogP contribution in [-0.2, 0) is 33.3 Å². The second-order valence-electron chi connectivity index (χ2n) is 14.6. The number of esters is 1. The lowest BCUT2D eigenvalue weighted by molar-refractivity contribution is -0.197. The molecule has 8 rings (SSSR count). The van der Waals surface area contributed by atoms with E-state index in [2.05, 4.69) is 4.99 Å². The molecule has 3 saturated heterocycles. The van der Waals surface area contributed by atoms with Gasteiger partial charge >= 0.3 is 11.8 Å². The summed E-state index contributed by atoms with van der Waals surface area (Å²) in [7, 11) is 0. The molecule has 1 aliphatic carbocycles. The predicted octanol–water partition coefficient (Wildman–Crippen LogP) is 2.78. The molecule has 6 aliphatic heterocycles. The highest BCUT2D eigenvalue weighted by molar-refractivity contribution is 6.63. The molecule has 3 N–H and O–H groups in total. The number of aliphatic hydroxyl groups excluding tert-OH is 2. The monoisotopic (exact) mass is 721 g/mol. The van der Waals surface area contributed by atoms with Crippen LogP contribution in [-0.4, -0.2) is 104 Å². The predicted molar refractivity (Wildman–Crippen MR) is 177 cm³/mol. The Bertz CT molecular complexity index is 1960. The number of aliphatic hydroxyl groups is 2. The Balaban J connectivity index is 1.36. The van der Waals surface area contributed by atoms with Crippen molar-refractivity contribution in [3.63, 3.8) is 0 Å². The molecule has 1 aromatic rings. The number of phenolic OH excluding ortho intramolecular Hbond substituents is 1. The number of rotatable bonds is 1. The Kier molecular flexibility index (Phi) is 8.18. The van der Waals surface area contributed by atoms with Crippen molar-refractivity contribution < 1.29 is 67.7 Å². The number of nitrogens with zero attached hydrogens (tertiary/aromatic N) is 1. The summed E-state index contributed by atoms with van der Waals surface area (Å²) in [5.41, 5.74) is -5.73. The van der Waals surface area contributed by atoms with E-state index >= 15 is 0 Å². The Labute approximate surface area is 297 Å². The van der Waals surface area contributed by atoms with Gasteiger partial charge in [0.05, 0.1) is 59.7 Å². The average molecular weight is 722 g/mol. The van der Waals surface area contributed by atoms with Crippen LogP contribution in [0.2, 0.25) is 0 Å². The summed E-state index contributed by atoms with van der Waals surface area (Å²) in [6, 6.07) is 0. The van der Waals surface area contributed by atoms with Crippen molar-refractivity contribution in [1.29, 1.82) is 0 Å². The fourth-order valence-corrected chi connectivity index (χ4v) is 7.81. The SMILES string of the molecule is CC(=O)OC1C(C)C2C=COC3(C)Oc4c(C)c(O)c5c(c4C3=O)C(=O)/C(=C\O)C(=NC(=O)C3(C)OC3C=CC3(CO3)C(O)C(C)C(O2)C1C)C5=O. The van der Waals surface area contributed by atoms with Gasteiger partial charge in [-0.05, 0) is 26.0 Å². The van der Waals surface area contributed by atoms with Gasteiger partial charge in [0.1, 0.15) is 35.0 Å². The topological polar surface area (TPSA) is 220 Å². The van der Waals surface area contributed by atoms with Crippen LogP contribution in [0, 0.1) is 24.7 Å². The Morgan fingerprint density at radius 3 is 2.35 bits per heavy atom. The summed E-state index contributed by atoms with van der Waals surface area (Å²) in [5, 5.41) is 33.0. The van der Waals surface area contributed by atoms with Gasteiger partial charge in [-0.3, -0.25) is 24.0 Å². The van der Waals surface area contributed by atoms with Crippen LogP contribution in [0.4, 0.5) is 0 Å². The molecular formula is C37H39NO14. The normalized spacial score (nSPS) is 40.2. The maximum Gasteiger partial charge on any atom is 0.312 e. The number of amides is 1. The van der Waals surface area contributed by atoms with E-state index in [1.807, 2.05) is 13.8 Å². The van der Waals surface area contributed by atoms with E-state index in [0.29, 0.717) is 6.26 Å². The van der Waals surface area contributed by atoms with E-state index in [4.69, 9.17) is 28.4 Å². The molecule has 3 fully saturated rings. The summed E-state index contributed by atoms with van der Waals surface area (Å²) >= 11 is 0. The molecule has 7 bridgehead atoms. The van der Waals surface area contributed by atoms with Crippen LogP contribution in [0.3, 0.4) is 0 Å². The number of aliphatic imine (C=N–C) groups is 1. The lowest BCUT2D eigenvalue weighted by Gasteiger charge is -2.46. The minimum absolute atomic E-state index is 0.0585. The number of epoxide rings is 2. The first-order valence-corrected chi connectivity index (χ1v) is 17.0. The number of fused-ring (bicyclic) bond motifs is 4. The van der Waals surface area contributed by atoms with Crippen LogP contribution in [0.25, 0.3) is 0 Å². The molecule has 11 unspecified atom stereocenters. The van der Waals surface area contributed by atoms with Crippen LogP contribution < -0.4 is 4.74 Å². The zero-order valence-corrected chi connectivity index (χ0v) is 29.5. The summed E-state index contributed by atoms with van der Waals surface area (Å²) < 4.78 is 35.5. The number of Topliss-reactive ketones (excluding diaryl/α,β-unsaturated/α-hetero) is 3. The number of ketones is 3. The first-order valence-electron chi connectivity index (χ1n) is 17.0. The van der Waals surface area contributed by atoms with Crippen molar-refractivity contribution in [2.45, 2.75) is 96.0 Å². The summed E-state index contributed by atoms with van der Waals surface area (Å²) in [6.45, 7) is 11.0. The van der Waals surface area contributed by atoms with Crippen molar-refractivity contribution in [2.24, 2.45) is 22.7 Å². The van der Waals surface area contributed by atoms with Crippen LogP contribution in [0.5, 0.6) is 11.5 Å². The third-order valence-corrected chi connectivity index (χ3v) is 11.2. The summed E-state index contributed by atoms with van der Waals surface area (Å²) in [6.07, 6.45) is 2.08. The molecule has 0 radical (unpaired) electrons. The molecule has 1 aromatic carbocycles. The van der Waals surface area contributed by atoms with Gasteiger partial charge in [0.25, 0.3) is 11.7 Å². The van der Waals surface area contributed by atoms with E-state index in [0.717, 1.165) is 0 Å². The molecule has 52 heavy (non-hydrogen) atoms. The summed E-state index contributed by atoms with van der Waals surface area (Å²) in [5.74, 6) is -8.88. The number of phenols is 1. The second-order valence-corrected chi connectivity index (χ2v) is 14.6. The van der Waals surface area contributed by atoms with Gasteiger partial charge in [0.2, 0.25) is 5.78 Å². The molecule has 6 heterocycles. The Morgan fingerprint density at radius 1 is 1.02 bits per heavy atom. The number of allylic oxidation sites excluding steroid dienone is 1. The van der Waals surface area contributed by atoms with Crippen LogP contribution in [0.15, 0.2) is 41.3 Å². The molecule has 1 spiro atoms. The maximum absolute atomic E-state index is 14.1. The maximum atomic E-state index is 14.1. The van der Waals surface area contributed by atoms with Crippen molar-refractivity contribution in [3.8, 4) is 11.5 Å². The molecule has 15 nitrogen and oxygen atoms in total. The van der Waals surface area contributed by atoms with Crippen LogP contribution in [0.1, 0.15) is 78.2 Å². The van der Waals surface area contributed by atoms with E-state index < -0.39 is 117 Å². The first kappa shape index (κ1) is 35.7. The minimum atomic E-state index is -2.10. The smallest absolute Gasteiger partial charge is 0.312 e. The van der Waals surface area contributed by atoms with Gasteiger partial charge < -0.3 is 43.7 Å². The Morgan fingerprint density at radius 2 is 1.71 bits per heavy atom. The number of carbonyl (C=O) groups is 5. The second kappa shape index (κ2) is 11.9. The quantitative estimate of drug-likeness (QED) is 0.125. The largest absolute Gasteiger partial charge is 0.515 e. The third-order valence-electron chi connectivity index (χ3n) is 11.2. The highest BCUT2D eigenvalue weighted by atomic mass is 16.7. The number of aromatic hydroxyl groups is 1. The standard InChI is InChI=1S/C37H39NO14/c1-14-20-9-11-47-36(7)33(45)24-22-23(26(41)15(2)31(24)52-36)28(43)25(19(12-39)27(22)42)38-34(46)35(6)21(51-35)8-10-37(13-48-37)32(44)17(4)30(50-20)16(3)29(14)49-18(5)40/h8-12,14,16-17,20-21,29-30,32,39,41,44H,13H2,1-7H3/b10-8?,11-9?,19-12-,38-25?. The summed E-state index contributed by atoms with van der Waals surface area (Å²) in [4.78, 5) is 71.5. The number of hydrogen-bond acceptors (Lipinski definition) is 14. The van der Waals surface area contributed by atoms with Crippen molar-refractivity contribution in [3.05, 3.63) is 58.6 Å². The molecule has 7 aliphatic rings. The van der Waals surface area contributed by atoms with Gasteiger partial charge in [0, 0.05) is 37.2 Å². The van der Waals surface area contributed by atoms with Gasteiger partial charge in [-0.1, -0.05) is 26.8 Å². The van der Waals surface area contributed by atoms with E-state index in [1.54, 1.807) is 13.0 Å². The zero-order valence-electron chi connectivity index (χ0n) is 29.5. The number of ether oxygens (including phenoxy) is 6. The molecule has 276 valence electrons. The number of hydrogen-bond donors (Lipinski definition) is 3. The highest BCUT2D eigenvalue weighted by Crippen LogP contribution is 2.49. The van der Waals surface area contributed by atoms with Crippen LogP contribution >= 0.6 is 0 Å². The molecule has 11 atom stereocenters. The van der Waals surface area contributed by atoms with E-state index in [-0.39, 0.29) is 29.4 Å². The average Bonchev–Trinajstić information content (AvgIpc) is 4.00. The van der Waals surface area contributed by atoms with Crippen molar-refractivity contribution in [2.75, 3.05) is 6.61 Å². The third kappa shape index (κ3) is 5.16. The molecule has 0 saturated carbocycles. The lowest BCUT2D eigenvalue weighted by atomic mass is 9.75. The Hall–Kier alpha value is -4.70. The number of benzene rings is 1. The van der Waals surface area contributed by atoms with E-state index in [9.17, 15) is 39.3 Å². The zero-order chi connectivity index (χ0) is 37.8. The molecule has 1 amide bonds. The van der Waals surface area contributed by atoms with E-state index in [1.165, 1.54) is 46.1 Å². The highest BCUT2D eigenvalue weighted by Gasteiger charge is 2.61. The molecule has 15 heteroatoms. The fraction of sp³-hybridized carbons (Fsp3) is 0.514.